The highest BCUT2D eigenvalue weighted by Crippen LogP contribution is 2.23. The van der Waals surface area contributed by atoms with E-state index in [9.17, 15) is 4.79 Å². The molecule has 2 N–H and O–H groups in total. The van der Waals surface area contributed by atoms with E-state index in [4.69, 9.17) is 9.84 Å². The van der Waals surface area contributed by atoms with Gasteiger partial charge in [0.05, 0.1) is 24.1 Å². The summed E-state index contributed by atoms with van der Waals surface area (Å²) in [5, 5.41) is 11.0. The molecule has 0 aliphatic rings. The van der Waals surface area contributed by atoms with Crippen LogP contribution < -0.4 is 15.4 Å². The molecule has 4 rings (SSSR count). The fourth-order valence-electron chi connectivity index (χ4n) is 3.73. The molecule has 0 saturated carbocycles. The highest BCUT2D eigenvalue weighted by atomic mass is 16.5. The average Bonchev–Trinajstić information content (AvgIpc) is 3.11. The maximum absolute atomic E-state index is 13.0. The van der Waals surface area contributed by atoms with Gasteiger partial charge >= 0.3 is 0 Å². The van der Waals surface area contributed by atoms with Crippen molar-refractivity contribution in [3.8, 4) is 11.4 Å². The van der Waals surface area contributed by atoms with Gasteiger partial charge in [0.25, 0.3) is 5.91 Å². The van der Waals surface area contributed by atoms with Gasteiger partial charge in [-0.05, 0) is 68.8 Å². The topological polar surface area (TPSA) is 81.1 Å². The summed E-state index contributed by atoms with van der Waals surface area (Å²) < 4.78 is 7.13. The van der Waals surface area contributed by atoms with Gasteiger partial charge in [0.15, 0.2) is 0 Å². The summed E-state index contributed by atoms with van der Waals surface area (Å²) >= 11 is 0. The maximum atomic E-state index is 13.0. The fraction of sp³-hybridized carbons (Fsp3) is 0.192. The zero-order valence-corrected chi connectivity index (χ0v) is 19.2. The van der Waals surface area contributed by atoms with E-state index in [1.54, 1.807) is 25.4 Å². The van der Waals surface area contributed by atoms with Crippen molar-refractivity contribution in [1.82, 2.24) is 20.1 Å². The largest absolute Gasteiger partial charge is 0.497 e. The molecular weight excluding hydrogens is 414 g/mol. The number of ether oxygens (including phenoxy) is 1. The van der Waals surface area contributed by atoms with Crippen molar-refractivity contribution in [3.05, 3.63) is 94.9 Å². The van der Waals surface area contributed by atoms with Gasteiger partial charge in [-0.2, -0.15) is 5.10 Å². The summed E-state index contributed by atoms with van der Waals surface area (Å²) in [5.74, 6) is 1.04. The first-order chi connectivity index (χ1) is 16.0. The molecule has 0 saturated heterocycles. The first-order valence-corrected chi connectivity index (χ1v) is 10.7. The molecule has 0 atom stereocenters. The third kappa shape index (κ3) is 4.72. The summed E-state index contributed by atoms with van der Waals surface area (Å²) in [7, 11) is 1.62. The average molecular weight is 442 g/mol. The Morgan fingerprint density at radius 3 is 2.48 bits per heavy atom. The molecule has 0 bridgehead atoms. The number of benzene rings is 2. The molecule has 7 heteroatoms. The summed E-state index contributed by atoms with van der Waals surface area (Å²) in [6.07, 6.45) is 1.66. The van der Waals surface area contributed by atoms with Crippen LogP contribution in [-0.4, -0.2) is 27.8 Å². The Hall–Kier alpha value is -4.13. The molecule has 0 fully saturated rings. The molecule has 1 amide bonds. The minimum absolute atomic E-state index is 0.207. The zero-order valence-electron chi connectivity index (χ0n) is 19.2. The Morgan fingerprint density at radius 2 is 1.76 bits per heavy atom. The molecule has 0 spiro atoms. The molecule has 4 aromatic rings. The normalized spacial score (nSPS) is 10.7. The highest BCUT2D eigenvalue weighted by molar-refractivity contribution is 5.99. The Balaban J connectivity index is 1.51. The van der Waals surface area contributed by atoms with Gasteiger partial charge in [-0.3, -0.25) is 4.79 Å². The van der Waals surface area contributed by atoms with Crippen molar-refractivity contribution >= 4 is 17.4 Å². The van der Waals surface area contributed by atoms with E-state index in [2.05, 4.69) is 28.6 Å². The molecule has 0 aliphatic carbocycles. The van der Waals surface area contributed by atoms with Crippen molar-refractivity contribution in [2.45, 2.75) is 27.3 Å². The van der Waals surface area contributed by atoms with E-state index in [0.29, 0.717) is 17.9 Å². The van der Waals surface area contributed by atoms with Crippen molar-refractivity contribution in [3.63, 3.8) is 0 Å². The quantitative estimate of drug-likeness (QED) is 0.427. The van der Waals surface area contributed by atoms with Crippen molar-refractivity contribution in [2.75, 3.05) is 12.4 Å². The molecule has 2 aromatic heterocycles. The van der Waals surface area contributed by atoms with Crippen LogP contribution in [0.2, 0.25) is 0 Å². The van der Waals surface area contributed by atoms with Crippen molar-refractivity contribution < 1.29 is 9.53 Å². The number of carbonyl (C=O) groups is 1. The van der Waals surface area contributed by atoms with Gasteiger partial charge in [0, 0.05) is 29.7 Å². The van der Waals surface area contributed by atoms with Crippen LogP contribution in [0.3, 0.4) is 0 Å². The minimum atomic E-state index is -0.207. The first-order valence-electron chi connectivity index (χ1n) is 10.7. The van der Waals surface area contributed by atoms with Crippen LogP contribution in [0.4, 0.5) is 11.5 Å². The molecule has 0 aliphatic heterocycles. The lowest BCUT2D eigenvalue weighted by Crippen LogP contribution is -2.24. The lowest BCUT2D eigenvalue weighted by molar-refractivity contribution is 0.0951. The number of nitrogens with zero attached hydrogens (tertiary/aromatic N) is 3. The molecule has 2 aromatic carbocycles. The van der Waals surface area contributed by atoms with Crippen LogP contribution in [-0.2, 0) is 6.54 Å². The zero-order chi connectivity index (χ0) is 23.4. The predicted octanol–water partition coefficient (Wildman–Crippen LogP) is 4.87. The third-order valence-corrected chi connectivity index (χ3v) is 5.62. The second kappa shape index (κ2) is 9.56. The standard InChI is InChI=1S/C26H27N5O2/c1-17-8-5-6-10-24(17)31-19(3)23(18(2)30-31)16-28-26(32)22-9-7-15-27-25(22)29-20-11-13-21(33-4)14-12-20/h5-15H,16H2,1-4H3,(H,27,29)(H,28,32). The number of carbonyl (C=O) groups excluding carboxylic acids is 1. The number of hydrogen-bond donors (Lipinski definition) is 2. The van der Waals surface area contributed by atoms with E-state index < -0.39 is 0 Å². The van der Waals surface area contributed by atoms with E-state index in [0.717, 1.165) is 39.6 Å². The number of aryl methyl sites for hydroxylation is 2. The molecule has 7 nitrogen and oxygen atoms in total. The monoisotopic (exact) mass is 441 g/mol. The van der Waals surface area contributed by atoms with Gasteiger partial charge in [-0.15, -0.1) is 0 Å². The van der Waals surface area contributed by atoms with Gasteiger partial charge in [0.1, 0.15) is 11.6 Å². The lowest BCUT2D eigenvalue weighted by Gasteiger charge is -2.12. The van der Waals surface area contributed by atoms with Gasteiger partial charge < -0.3 is 15.4 Å². The summed E-state index contributed by atoms with van der Waals surface area (Å²) in [4.78, 5) is 17.4. The number of anilines is 2. The summed E-state index contributed by atoms with van der Waals surface area (Å²) in [6, 6.07) is 19.1. The van der Waals surface area contributed by atoms with Crippen LogP contribution in [0.15, 0.2) is 66.9 Å². The lowest BCUT2D eigenvalue weighted by atomic mass is 10.1. The minimum Gasteiger partial charge on any atom is -0.497 e. The summed E-state index contributed by atoms with van der Waals surface area (Å²) in [5.41, 5.74) is 6.35. The highest BCUT2D eigenvalue weighted by Gasteiger charge is 2.17. The number of amides is 1. The first kappa shape index (κ1) is 22.1. The number of hydrogen-bond acceptors (Lipinski definition) is 5. The van der Waals surface area contributed by atoms with E-state index >= 15 is 0 Å². The molecule has 168 valence electrons. The molecule has 0 unspecified atom stereocenters. The smallest absolute Gasteiger partial charge is 0.255 e. The Bertz CT molecular complexity index is 1280. The Kier molecular flexibility index (Phi) is 6.40. The van der Waals surface area contributed by atoms with Crippen LogP contribution in [0.25, 0.3) is 5.69 Å². The predicted molar refractivity (Wildman–Crippen MR) is 129 cm³/mol. The molecule has 2 heterocycles. The maximum Gasteiger partial charge on any atom is 0.255 e. The number of methoxy groups -OCH3 is 1. The fourth-order valence-corrected chi connectivity index (χ4v) is 3.73. The SMILES string of the molecule is COc1ccc(Nc2ncccc2C(=O)NCc2c(C)nn(-c3ccccc3C)c2C)cc1. The number of aromatic nitrogens is 3. The van der Waals surface area contributed by atoms with Crippen LogP contribution in [0.1, 0.15) is 32.9 Å². The molecule has 0 radical (unpaired) electrons. The van der Waals surface area contributed by atoms with Crippen LogP contribution >= 0.6 is 0 Å². The number of pyridine rings is 1. The molecular formula is C26H27N5O2. The number of rotatable bonds is 7. The van der Waals surface area contributed by atoms with E-state index in [-0.39, 0.29) is 5.91 Å². The van der Waals surface area contributed by atoms with Crippen molar-refractivity contribution in [2.24, 2.45) is 0 Å². The van der Waals surface area contributed by atoms with Gasteiger partial charge in [-0.1, -0.05) is 18.2 Å². The second-order valence-electron chi connectivity index (χ2n) is 7.78. The van der Waals surface area contributed by atoms with Crippen LogP contribution in [0, 0.1) is 20.8 Å². The van der Waals surface area contributed by atoms with E-state index in [1.165, 1.54) is 0 Å². The third-order valence-electron chi connectivity index (χ3n) is 5.62. The van der Waals surface area contributed by atoms with Crippen LogP contribution in [0.5, 0.6) is 5.75 Å². The van der Waals surface area contributed by atoms with Gasteiger partial charge in [-0.25, -0.2) is 9.67 Å². The molecule has 33 heavy (non-hydrogen) atoms. The van der Waals surface area contributed by atoms with E-state index in [1.807, 2.05) is 61.0 Å². The Morgan fingerprint density at radius 1 is 1.00 bits per heavy atom. The second-order valence-corrected chi connectivity index (χ2v) is 7.78. The number of para-hydroxylation sites is 1. The summed E-state index contributed by atoms with van der Waals surface area (Å²) in [6.45, 7) is 6.42. The van der Waals surface area contributed by atoms with Gasteiger partial charge in [0.2, 0.25) is 0 Å². The Labute approximate surface area is 193 Å². The number of nitrogens with one attached hydrogen (secondary N) is 2. The van der Waals surface area contributed by atoms with Crippen molar-refractivity contribution in [1.29, 1.82) is 0 Å².